The number of nitrogens with zero attached hydrogens (tertiary/aromatic N) is 17. The number of aryl methyl sites for hydroxylation is 2. The Morgan fingerprint density at radius 3 is 1.39 bits per heavy atom. The quantitative estimate of drug-likeness (QED) is 0.0347. The Balaban J connectivity index is 0.000000179. The minimum absolute atomic E-state index is 0.00205. The van der Waals surface area contributed by atoms with E-state index in [0.29, 0.717) is 33.9 Å². The van der Waals surface area contributed by atoms with Gasteiger partial charge in [-0.2, -0.15) is 47.9 Å². The maximum absolute atomic E-state index is 15.5. The van der Waals surface area contributed by atoms with Gasteiger partial charge >= 0.3 is 0 Å². The van der Waals surface area contributed by atoms with E-state index < -0.39 is 175 Å². The summed E-state index contributed by atoms with van der Waals surface area (Å²) in [5.74, 6) is -18.0. The first-order valence-corrected chi connectivity index (χ1v) is 43.7. The van der Waals surface area contributed by atoms with Gasteiger partial charge in [-0.15, -0.1) is 0 Å². The summed E-state index contributed by atoms with van der Waals surface area (Å²) in [4.78, 5) is 87.0. The third-order valence-corrected chi connectivity index (χ3v) is 24.1. The molecule has 2 saturated carbocycles. The van der Waals surface area contributed by atoms with E-state index >= 15 is 17.6 Å². The van der Waals surface area contributed by atoms with E-state index in [1.165, 1.54) is 84.4 Å². The zero-order valence-electron chi connectivity index (χ0n) is 66.6. The molecule has 4 N–H and O–H groups in total. The predicted octanol–water partition coefficient (Wildman–Crippen LogP) is 12.1. The number of piperidine rings is 1. The van der Waals surface area contributed by atoms with Gasteiger partial charge in [0.05, 0.1) is 78.6 Å². The Bertz CT molecular complexity index is 7000. The number of nitrogens with one attached hydrogen (secondary N) is 4. The molecule has 10 heterocycles. The molecular formula is C80H69Cl2F12N21O10S2. The fourth-order valence-electron chi connectivity index (χ4n) is 17.1. The number of ether oxygens (including phenoxy) is 2. The number of aromatic nitrogens is 16. The molecular weight excluding hydrogens is 1780 g/mol. The van der Waals surface area contributed by atoms with Gasteiger partial charge in [0.2, 0.25) is 43.6 Å². The molecule has 18 rings (SSSR count). The molecule has 1 saturated heterocycles. The number of likely N-dealkylation sites (tertiary alicyclic amines) is 1. The summed E-state index contributed by atoms with van der Waals surface area (Å²) in [6.45, 7) is 0.549. The van der Waals surface area contributed by atoms with Crippen molar-refractivity contribution >= 4 is 111 Å². The van der Waals surface area contributed by atoms with Gasteiger partial charge in [0.15, 0.2) is 28.8 Å². The van der Waals surface area contributed by atoms with Gasteiger partial charge in [-0.3, -0.25) is 61.4 Å². The third-order valence-electron chi connectivity index (χ3n) is 22.4. The number of amides is 2. The smallest absolute Gasteiger partial charge is 0.293 e. The highest BCUT2D eigenvalue weighted by atomic mass is 35.5. The number of fused-ring (bicyclic) bond motifs is 10. The highest BCUT2D eigenvalue weighted by molar-refractivity contribution is 7.92. The Kier molecular flexibility index (Phi) is 22.6. The Hall–Kier alpha value is -12.4. The van der Waals surface area contributed by atoms with Crippen LogP contribution in [0.25, 0.3) is 55.2 Å². The molecule has 31 nitrogen and oxygen atoms in total. The molecule has 127 heavy (non-hydrogen) atoms. The van der Waals surface area contributed by atoms with Crippen molar-refractivity contribution in [1.82, 2.24) is 93.7 Å². The number of rotatable bonds is 27. The number of anilines is 2. The van der Waals surface area contributed by atoms with Crippen molar-refractivity contribution in [3.8, 4) is 23.1 Å². The second kappa shape index (κ2) is 33.1. The van der Waals surface area contributed by atoms with Crippen LogP contribution in [0.1, 0.15) is 131 Å². The van der Waals surface area contributed by atoms with Gasteiger partial charge in [0.25, 0.3) is 35.8 Å². The number of pyridine rings is 2. The predicted molar refractivity (Wildman–Crippen MR) is 434 cm³/mol. The summed E-state index contributed by atoms with van der Waals surface area (Å²) in [6.07, 6.45) is 0.618. The first-order chi connectivity index (χ1) is 60.2. The molecule has 9 aromatic heterocycles. The van der Waals surface area contributed by atoms with Crippen LogP contribution < -0.4 is 40.7 Å². The minimum Gasteiger partial charge on any atom is -0.476 e. The number of hydrogen-bond donors (Lipinski definition) is 4. The number of sulfonamides is 2. The minimum atomic E-state index is -3.93. The van der Waals surface area contributed by atoms with Gasteiger partial charge in [-0.25, -0.2) is 71.9 Å². The molecule has 0 bridgehead atoms. The van der Waals surface area contributed by atoms with Crippen LogP contribution in [0.15, 0.2) is 113 Å². The van der Waals surface area contributed by atoms with E-state index in [9.17, 15) is 71.1 Å². The SMILES string of the molecule is Cn1nc(NS(C)(=O)=O)c2c(Cl)ccc(-n3c([C@H](Cc4cc(F)cc(F)c4)NC(=O)Cn4nc(C(F)F)c5c4C(F)(F)[C@@H]4C[C@H]54)nc4nc(OCCN5CCCCC5)ccc4c3=O)c21.Cn1nc(NS(C)(=O)=O)c2c(Cl)ccc(-n3c([C@H](Cc4cc(F)cc(F)c4)NC(=O)Cn4nc(C(F)F)c5c4C(F)(F)[C@@H]4C[C@H]54)nc4nc(OCc5ncccn5)ccc4c3=O)c21. The molecule has 664 valence electrons. The van der Waals surface area contributed by atoms with Crippen molar-refractivity contribution in [2.75, 3.05) is 48.2 Å². The molecule has 4 aromatic carbocycles. The standard InChI is InChI=1S/C41H39ClF6N10O5S.C39H30ClF6N11O5S/c1-55-34-28(8-7-26(42)32(34)38(53-55)54-64(2,61)62)58-39(51-37-23(40(58)60)6-9-30(50-37)63-13-12-56-10-4-3-5-11-56)27(16-20-14-21(43)17-22(44)15-20)49-29(59)19-57-35-31(33(52-57)36(45)46)24-18-25(24)41(35,47)48;1-55-32-25(6-5-23(40)30(32)36(53-55)54-63(2,60)61)57-37(51-35-20(38(57)59)4-7-28(50-35)62-16-26-47-8-3-9-48-26)24(12-17-10-18(41)13-19(42)11-17)49-27(58)15-56-33-29(31(52-56)34(43)44)21-14-22(21)39(33,45)46/h6-9,14-15,17,24-25,27,36H,3-5,10-13,16,18-19H2,1-2H3,(H,49,59)(H,53,54);3-11,13,21-22,24,34H,12,14-16H2,1-2H3,(H,49,58)(H,53,54)/t24-,25+,27-;21-,22+,24-/m00/s1. The van der Waals surface area contributed by atoms with E-state index in [4.69, 9.17) is 42.6 Å². The highest BCUT2D eigenvalue weighted by Crippen LogP contribution is 2.69. The summed E-state index contributed by atoms with van der Waals surface area (Å²) < 4.78 is 249. The molecule has 5 aliphatic rings. The van der Waals surface area contributed by atoms with Gasteiger partial charge in [-0.05, 0) is 128 Å². The van der Waals surface area contributed by atoms with Crippen LogP contribution >= 0.6 is 23.2 Å². The fourth-order valence-corrected chi connectivity index (χ4v) is 18.5. The second-order valence-electron chi connectivity index (χ2n) is 31.3. The molecule has 6 atom stereocenters. The van der Waals surface area contributed by atoms with Crippen LogP contribution in [0.5, 0.6) is 11.8 Å². The van der Waals surface area contributed by atoms with Gasteiger partial charge < -0.3 is 20.1 Å². The number of halogens is 14. The third kappa shape index (κ3) is 17.0. The molecule has 4 aliphatic carbocycles. The van der Waals surface area contributed by atoms with Crippen LogP contribution in [0, 0.1) is 35.1 Å². The van der Waals surface area contributed by atoms with Gasteiger partial charge in [0.1, 0.15) is 84.0 Å². The summed E-state index contributed by atoms with van der Waals surface area (Å²) >= 11 is 13.2. The van der Waals surface area contributed by atoms with Gasteiger partial charge in [-0.1, -0.05) is 29.6 Å². The number of hydrogen-bond acceptors (Lipinski definition) is 21. The number of benzene rings is 4. The van der Waals surface area contributed by atoms with Crippen LogP contribution in [-0.2, 0) is 88.1 Å². The molecule has 0 unspecified atom stereocenters. The molecule has 47 heteroatoms. The summed E-state index contributed by atoms with van der Waals surface area (Å²) in [7, 11) is -4.96. The van der Waals surface area contributed by atoms with Crippen LogP contribution in [0.2, 0.25) is 10.0 Å². The zero-order chi connectivity index (χ0) is 90.1. The second-order valence-corrected chi connectivity index (χ2v) is 35.6. The van der Waals surface area contributed by atoms with Crippen LogP contribution in [0.3, 0.4) is 0 Å². The summed E-state index contributed by atoms with van der Waals surface area (Å²) in [5, 5.41) is 21.3. The maximum atomic E-state index is 15.5. The maximum Gasteiger partial charge on any atom is 0.293 e. The van der Waals surface area contributed by atoms with E-state index in [2.05, 4.69) is 65.3 Å². The molecule has 0 radical (unpaired) electrons. The van der Waals surface area contributed by atoms with E-state index in [0.717, 1.165) is 78.3 Å². The summed E-state index contributed by atoms with van der Waals surface area (Å²) in [6, 6.07) is 14.7. The lowest BCUT2D eigenvalue weighted by Crippen LogP contribution is -2.38. The molecule has 0 spiro atoms. The first-order valence-electron chi connectivity index (χ1n) is 39.2. The Labute approximate surface area is 719 Å². The molecule has 13 aromatic rings. The van der Waals surface area contributed by atoms with Crippen molar-refractivity contribution in [2.45, 2.75) is 113 Å². The fraction of sp³-hybridized carbons (Fsp3) is 0.350. The number of carbonyl (C=O) groups excluding carboxylic acids is 2. The largest absolute Gasteiger partial charge is 0.476 e. The summed E-state index contributed by atoms with van der Waals surface area (Å²) in [5.41, 5.74) is -5.92. The zero-order valence-corrected chi connectivity index (χ0v) is 69.8. The van der Waals surface area contributed by atoms with E-state index in [-0.39, 0.29) is 149 Å². The lowest BCUT2D eigenvalue weighted by Gasteiger charge is -2.26. The number of carbonyl (C=O) groups is 2. The highest BCUT2D eigenvalue weighted by Gasteiger charge is 2.68. The monoisotopic (exact) mass is 1850 g/mol. The normalized spacial score (nSPS) is 17.8. The van der Waals surface area contributed by atoms with Crippen molar-refractivity contribution < 1.29 is 88.6 Å². The average molecular weight is 1850 g/mol. The number of alkyl halides is 8. The lowest BCUT2D eigenvalue weighted by atomic mass is 10.0. The lowest BCUT2D eigenvalue weighted by molar-refractivity contribution is -0.123. The van der Waals surface area contributed by atoms with Crippen LogP contribution in [-0.4, -0.2) is 150 Å². The first kappa shape index (κ1) is 86.7. The topological polar surface area (TPSA) is 365 Å². The van der Waals surface area contributed by atoms with Crippen molar-refractivity contribution in [3.05, 3.63) is 220 Å². The van der Waals surface area contributed by atoms with Crippen molar-refractivity contribution in [2.24, 2.45) is 25.9 Å². The molecule has 2 amide bonds. The molecule has 1 aliphatic heterocycles. The van der Waals surface area contributed by atoms with E-state index in [1.54, 1.807) is 6.07 Å². The van der Waals surface area contributed by atoms with Crippen LogP contribution in [0.4, 0.5) is 64.3 Å². The Morgan fingerprint density at radius 1 is 0.559 bits per heavy atom. The van der Waals surface area contributed by atoms with Crippen molar-refractivity contribution in [1.29, 1.82) is 0 Å². The van der Waals surface area contributed by atoms with Crippen molar-refractivity contribution in [3.63, 3.8) is 0 Å². The molecule has 3 fully saturated rings. The van der Waals surface area contributed by atoms with Gasteiger partial charge in [0, 0.05) is 93.1 Å². The Morgan fingerprint density at radius 2 is 0.976 bits per heavy atom. The van der Waals surface area contributed by atoms with E-state index in [1.807, 2.05) is 0 Å². The average Bonchev–Trinajstić information content (AvgIpc) is 1.52.